The first-order valence-electron chi connectivity index (χ1n) is 11.1. The Balaban J connectivity index is 1.43. The number of carbonyl (C=O) groups excluding carboxylic acids is 2. The second-order valence-electron chi connectivity index (χ2n) is 8.33. The van der Waals surface area contributed by atoms with E-state index in [4.69, 9.17) is 9.47 Å². The normalized spacial score (nSPS) is 19.8. The summed E-state index contributed by atoms with van der Waals surface area (Å²) in [7, 11) is 3.20. The molecule has 2 aliphatic rings. The minimum absolute atomic E-state index is 0.0750. The SMILES string of the molecule is COc1ccc(CNC(=O)C2CC=CCC2C(=O)N2CCc3ccccc3C2)c(OC)c1. The van der Waals surface area contributed by atoms with Crippen molar-refractivity contribution in [1.82, 2.24) is 10.2 Å². The van der Waals surface area contributed by atoms with E-state index in [0.717, 1.165) is 12.0 Å². The molecule has 0 radical (unpaired) electrons. The Labute approximate surface area is 189 Å². The zero-order chi connectivity index (χ0) is 22.5. The van der Waals surface area contributed by atoms with Crippen molar-refractivity contribution < 1.29 is 19.1 Å². The first kappa shape index (κ1) is 21.9. The molecule has 0 saturated heterocycles. The van der Waals surface area contributed by atoms with Crippen molar-refractivity contribution in [3.8, 4) is 11.5 Å². The lowest BCUT2D eigenvalue weighted by Gasteiger charge is -2.35. The summed E-state index contributed by atoms with van der Waals surface area (Å²) in [5, 5.41) is 3.02. The number of amides is 2. The van der Waals surface area contributed by atoms with Gasteiger partial charge in [-0.3, -0.25) is 9.59 Å². The van der Waals surface area contributed by atoms with Crippen LogP contribution in [0.5, 0.6) is 11.5 Å². The number of hydrogen-bond acceptors (Lipinski definition) is 4. The fourth-order valence-electron chi connectivity index (χ4n) is 4.61. The van der Waals surface area contributed by atoms with Gasteiger partial charge < -0.3 is 19.7 Å². The number of rotatable bonds is 6. The van der Waals surface area contributed by atoms with E-state index in [1.807, 2.05) is 41.3 Å². The number of nitrogens with zero attached hydrogens (tertiary/aromatic N) is 1. The summed E-state index contributed by atoms with van der Waals surface area (Å²) in [6.07, 6.45) is 6.07. The van der Waals surface area contributed by atoms with Crippen LogP contribution in [-0.2, 0) is 29.1 Å². The molecule has 168 valence electrons. The van der Waals surface area contributed by atoms with Crippen molar-refractivity contribution in [2.45, 2.75) is 32.4 Å². The minimum atomic E-state index is -0.367. The van der Waals surface area contributed by atoms with Crippen LogP contribution in [0.25, 0.3) is 0 Å². The maximum absolute atomic E-state index is 13.4. The molecule has 0 spiro atoms. The Hall–Kier alpha value is -3.28. The van der Waals surface area contributed by atoms with Gasteiger partial charge in [0.05, 0.1) is 26.1 Å². The maximum atomic E-state index is 13.4. The molecule has 1 heterocycles. The van der Waals surface area contributed by atoms with Gasteiger partial charge in [0.2, 0.25) is 11.8 Å². The highest BCUT2D eigenvalue weighted by atomic mass is 16.5. The summed E-state index contributed by atoms with van der Waals surface area (Å²) in [5.41, 5.74) is 3.37. The van der Waals surface area contributed by atoms with Crippen LogP contribution >= 0.6 is 0 Å². The van der Waals surface area contributed by atoms with Crippen molar-refractivity contribution >= 4 is 11.8 Å². The number of allylic oxidation sites excluding steroid dienone is 2. The number of methoxy groups -OCH3 is 2. The van der Waals surface area contributed by atoms with E-state index in [2.05, 4.69) is 17.4 Å². The summed E-state index contributed by atoms with van der Waals surface area (Å²) in [5.74, 6) is 0.641. The molecule has 2 unspecified atom stereocenters. The van der Waals surface area contributed by atoms with E-state index in [9.17, 15) is 9.59 Å². The van der Waals surface area contributed by atoms with E-state index >= 15 is 0 Å². The fourth-order valence-corrected chi connectivity index (χ4v) is 4.61. The molecule has 0 fully saturated rings. The van der Waals surface area contributed by atoms with Gasteiger partial charge in [-0.15, -0.1) is 0 Å². The average molecular weight is 435 g/mol. The maximum Gasteiger partial charge on any atom is 0.227 e. The third kappa shape index (κ3) is 4.64. The quantitative estimate of drug-likeness (QED) is 0.707. The molecule has 1 N–H and O–H groups in total. The van der Waals surface area contributed by atoms with Crippen LogP contribution in [-0.4, -0.2) is 37.5 Å². The summed E-state index contributed by atoms with van der Waals surface area (Å²) in [4.78, 5) is 28.4. The first-order valence-corrected chi connectivity index (χ1v) is 11.1. The van der Waals surface area contributed by atoms with Gasteiger partial charge in [-0.1, -0.05) is 36.4 Å². The Morgan fingerprint density at radius 3 is 2.50 bits per heavy atom. The van der Waals surface area contributed by atoms with E-state index in [0.29, 0.717) is 44.0 Å². The van der Waals surface area contributed by atoms with Gasteiger partial charge in [0.25, 0.3) is 0 Å². The summed E-state index contributed by atoms with van der Waals surface area (Å²) in [6.45, 7) is 1.66. The third-order valence-corrected chi connectivity index (χ3v) is 6.48. The zero-order valence-corrected chi connectivity index (χ0v) is 18.7. The molecule has 32 heavy (non-hydrogen) atoms. The van der Waals surface area contributed by atoms with Crippen molar-refractivity contribution in [2.75, 3.05) is 20.8 Å². The van der Waals surface area contributed by atoms with Gasteiger partial charge >= 0.3 is 0 Å². The van der Waals surface area contributed by atoms with E-state index in [-0.39, 0.29) is 23.7 Å². The highest BCUT2D eigenvalue weighted by Gasteiger charge is 2.37. The first-order chi connectivity index (χ1) is 15.6. The Kier molecular flexibility index (Phi) is 6.78. The smallest absolute Gasteiger partial charge is 0.227 e. The Bertz CT molecular complexity index is 1020. The standard InChI is InChI=1S/C26H30N2O4/c1-31-21-12-11-19(24(15-21)32-2)16-27-25(29)22-9-5-6-10-23(22)26(30)28-14-13-18-7-3-4-8-20(18)17-28/h3-8,11-12,15,22-23H,9-10,13-14,16-17H2,1-2H3,(H,27,29). The topological polar surface area (TPSA) is 67.9 Å². The second kappa shape index (κ2) is 9.90. The average Bonchev–Trinajstić information content (AvgIpc) is 2.86. The Morgan fingerprint density at radius 2 is 1.75 bits per heavy atom. The van der Waals surface area contributed by atoms with Crippen LogP contribution in [0.3, 0.4) is 0 Å². The van der Waals surface area contributed by atoms with E-state index in [1.54, 1.807) is 20.3 Å². The number of hydrogen-bond donors (Lipinski definition) is 1. The molecule has 6 nitrogen and oxygen atoms in total. The van der Waals surface area contributed by atoms with Gasteiger partial charge in [0.1, 0.15) is 11.5 Å². The van der Waals surface area contributed by atoms with Crippen LogP contribution in [0.4, 0.5) is 0 Å². The van der Waals surface area contributed by atoms with Crippen LogP contribution in [0.15, 0.2) is 54.6 Å². The molecule has 2 aromatic carbocycles. The zero-order valence-electron chi connectivity index (χ0n) is 18.7. The largest absolute Gasteiger partial charge is 0.497 e. The summed E-state index contributed by atoms with van der Waals surface area (Å²) < 4.78 is 10.7. The number of benzene rings is 2. The van der Waals surface area contributed by atoms with Gasteiger partial charge in [0, 0.05) is 31.3 Å². The van der Waals surface area contributed by atoms with Gasteiger partial charge in [-0.05, 0) is 42.5 Å². The van der Waals surface area contributed by atoms with Crippen LogP contribution in [0.2, 0.25) is 0 Å². The predicted octanol–water partition coefficient (Wildman–Crippen LogP) is 3.49. The summed E-state index contributed by atoms with van der Waals surface area (Å²) in [6, 6.07) is 13.8. The molecule has 0 aromatic heterocycles. The molecule has 2 aromatic rings. The van der Waals surface area contributed by atoms with Crippen LogP contribution in [0.1, 0.15) is 29.5 Å². The molecule has 1 aliphatic heterocycles. The number of ether oxygens (including phenoxy) is 2. The lowest BCUT2D eigenvalue weighted by molar-refractivity contribution is -0.143. The van der Waals surface area contributed by atoms with Crippen LogP contribution < -0.4 is 14.8 Å². The van der Waals surface area contributed by atoms with E-state index in [1.165, 1.54) is 11.1 Å². The second-order valence-corrected chi connectivity index (χ2v) is 8.33. The van der Waals surface area contributed by atoms with E-state index < -0.39 is 0 Å². The molecular weight excluding hydrogens is 404 g/mol. The molecule has 0 bridgehead atoms. The Morgan fingerprint density at radius 1 is 1.00 bits per heavy atom. The molecule has 0 saturated carbocycles. The highest BCUT2D eigenvalue weighted by Crippen LogP contribution is 2.30. The van der Waals surface area contributed by atoms with Crippen LogP contribution in [0, 0.1) is 11.8 Å². The lowest BCUT2D eigenvalue weighted by atomic mass is 9.81. The number of carbonyl (C=O) groups is 2. The van der Waals surface area contributed by atoms with Gasteiger partial charge in [0.15, 0.2) is 0 Å². The van der Waals surface area contributed by atoms with Crippen molar-refractivity contribution in [1.29, 1.82) is 0 Å². The van der Waals surface area contributed by atoms with Gasteiger partial charge in [-0.25, -0.2) is 0 Å². The molecular formula is C26H30N2O4. The minimum Gasteiger partial charge on any atom is -0.497 e. The van der Waals surface area contributed by atoms with Crippen molar-refractivity contribution in [3.63, 3.8) is 0 Å². The molecule has 2 atom stereocenters. The number of fused-ring (bicyclic) bond motifs is 1. The molecule has 4 rings (SSSR count). The predicted molar refractivity (Wildman–Crippen MR) is 122 cm³/mol. The molecule has 2 amide bonds. The monoisotopic (exact) mass is 434 g/mol. The summed E-state index contributed by atoms with van der Waals surface area (Å²) >= 11 is 0. The number of nitrogens with one attached hydrogen (secondary N) is 1. The highest BCUT2D eigenvalue weighted by molar-refractivity contribution is 5.88. The lowest BCUT2D eigenvalue weighted by Crippen LogP contribution is -2.46. The van der Waals surface area contributed by atoms with Crippen molar-refractivity contribution in [2.24, 2.45) is 11.8 Å². The van der Waals surface area contributed by atoms with Gasteiger partial charge in [-0.2, -0.15) is 0 Å². The molecule has 1 aliphatic carbocycles. The van der Waals surface area contributed by atoms with Crippen molar-refractivity contribution in [3.05, 3.63) is 71.3 Å². The molecule has 6 heteroatoms. The fraction of sp³-hybridized carbons (Fsp3) is 0.385. The third-order valence-electron chi connectivity index (χ3n) is 6.48.